The van der Waals surface area contributed by atoms with Crippen molar-refractivity contribution in [2.45, 2.75) is 30.9 Å². The van der Waals surface area contributed by atoms with E-state index in [0.717, 1.165) is 22.2 Å². The van der Waals surface area contributed by atoms with Gasteiger partial charge in [0.2, 0.25) is 5.91 Å². The molecular formula is C28H27N3O7S. The van der Waals surface area contributed by atoms with E-state index < -0.39 is 39.4 Å². The van der Waals surface area contributed by atoms with Crippen molar-refractivity contribution in [3.05, 3.63) is 90.0 Å². The molecule has 39 heavy (non-hydrogen) atoms. The molecule has 0 aliphatic carbocycles. The second-order valence-electron chi connectivity index (χ2n) is 9.40. The Hall–Kier alpha value is -4.22. The summed E-state index contributed by atoms with van der Waals surface area (Å²) in [5, 5.41) is 10.2. The molecule has 0 saturated carbocycles. The molecular weight excluding hydrogens is 522 g/mol. The largest absolute Gasteiger partial charge is 0.489 e. The van der Waals surface area contributed by atoms with Gasteiger partial charge in [0.15, 0.2) is 15.6 Å². The average molecular weight is 550 g/mol. The summed E-state index contributed by atoms with van der Waals surface area (Å²) in [6, 6.07) is 17.8. The summed E-state index contributed by atoms with van der Waals surface area (Å²) < 4.78 is 37.9. The molecule has 2 aromatic heterocycles. The lowest BCUT2D eigenvalue weighted by atomic mass is 10.0. The Morgan fingerprint density at radius 2 is 1.90 bits per heavy atom. The topological polar surface area (TPSA) is 139 Å². The van der Waals surface area contributed by atoms with Crippen LogP contribution in [0.3, 0.4) is 0 Å². The van der Waals surface area contributed by atoms with Crippen molar-refractivity contribution >= 4 is 32.6 Å². The van der Waals surface area contributed by atoms with E-state index in [4.69, 9.17) is 9.15 Å². The number of carbonyl (C=O) groups excluding carboxylic acids is 2. The summed E-state index contributed by atoms with van der Waals surface area (Å²) in [5.74, 6) is -2.13. The number of rotatable bonds is 8. The summed E-state index contributed by atoms with van der Waals surface area (Å²) in [7, 11) is -3.92. The van der Waals surface area contributed by atoms with Gasteiger partial charge in [-0.2, -0.15) is 0 Å². The Kier molecular flexibility index (Phi) is 7.36. The molecule has 1 saturated heterocycles. The Balaban J connectivity index is 1.32. The van der Waals surface area contributed by atoms with Crippen molar-refractivity contribution < 1.29 is 32.4 Å². The first-order chi connectivity index (χ1) is 18.8. The highest BCUT2D eigenvalue weighted by Gasteiger charge is 2.44. The van der Waals surface area contributed by atoms with Gasteiger partial charge in [-0.15, -0.1) is 0 Å². The van der Waals surface area contributed by atoms with Crippen LogP contribution in [0.15, 0.2) is 82.3 Å². The third kappa shape index (κ3) is 5.50. The van der Waals surface area contributed by atoms with Crippen LogP contribution in [-0.4, -0.2) is 53.7 Å². The fourth-order valence-corrected chi connectivity index (χ4v) is 6.59. The molecule has 5 rings (SSSR count). The first kappa shape index (κ1) is 26.4. The molecule has 2 N–H and O–H groups in total. The number of ether oxygens (including phenoxy) is 1. The number of aryl methyl sites for hydroxylation is 1. The van der Waals surface area contributed by atoms with E-state index in [1.165, 1.54) is 29.4 Å². The minimum absolute atomic E-state index is 0.0282. The van der Waals surface area contributed by atoms with E-state index in [0.29, 0.717) is 5.75 Å². The van der Waals surface area contributed by atoms with Crippen molar-refractivity contribution in [3.8, 4) is 5.75 Å². The van der Waals surface area contributed by atoms with Gasteiger partial charge in [0.25, 0.3) is 5.91 Å². The van der Waals surface area contributed by atoms with Crippen LogP contribution in [0.4, 0.5) is 0 Å². The predicted octanol–water partition coefficient (Wildman–Crippen LogP) is 3.53. The number of nitrogens with one attached hydrogen (secondary N) is 1. The average Bonchev–Trinajstić information content (AvgIpc) is 3.62. The highest BCUT2D eigenvalue weighted by atomic mass is 32.2. The second-order valence-corrected chi connectivity index (χ2v) is 11.4. The second kappa shape index (κ2) is 10.9. The van der Waals surface area contributed by atoms with E-state index in [-0.39, 0.29) is 30.2 Å². The number of aromatic nitrogens is 1. The zero-order valence-corrected chi connectivity index (χ0v) is 21.9. The number of hydrogen-bond acceptors (Lipinski definition) is 8. The molecule has 0 radical (unpaired) electrons. The molecule has 2 aromatic carbocycles. The molecule has 0 unspecified atom stereocenters. The fraction of sp³-hybridized carbons (Fsp3) is 0.250. The third-order valence-corrected chi connectivity index (χ3v) is 8.65. The molecule has 1 aliphatic rings. The van der Waals surface area contributed by atoms with Crippen molar-refractivity contribution in [1.82, 2.24) is 15.4 Å². The summed E-state index contributed by atoms with van der Waals surface area (Å²) in [6.07, 6.45) is 1.55. The van der Waals surface area contributed by atoms with Crippen LogP contribution in [0.2, 0.25) is 0 Å². The number of hydroxylamine groups is 1. The summed E-state index contributed by atoms with van der Waals surface area (Å²) in [4.78, 5) is 31.1. The number of sulfone groups is 1. The number of nitrogens with zero attached hydrogens (tertiary/aromatic N) is 2. The SMILES string of the molecule is Cc1cc(COc2ccc(S(=O)(=O)C[C@H]3[C@@H](C(=O)NO)CCN3C(=O)c3ccco3)cc2)c2ccccc2n1. The Labute approximate surface area is 225 Å². The third-order valence-electron chi connectivity index (χ3n) is 6.88. The van der Waals surface area contributed by atoms with Crippen LogP contribution < -0.4 is 10.2 Å². The minimum atomic E-state index is -3.92. The minimum Gasteiger partial charge on any atom is -0.489 e. The number of pyridine rings is 1. The molecule has 202 valence electrons. The molecule has 4 aromatic rings. The number of furan rings is 1. The number of para-hydroxylation sites is 1. The van der Waals surface area contributed by atoms with Crippen molar-refractivity contribution in [2.75, 3.05) is 12.3 Å². The number of fused-ring (bicyclic) bond motifs is 1. The van der Waals surface area contributed by atoms with E-state index >= 15 is 0 Å². The van der Waals surface area contributed by atoms with Gasteiger partial charge in [-0.05, 0) is 61.9 Å². The van der Waals surface area contributed by atoms with Gasteiger partial charge < -0.3 is 14.1 Å². The number of benzene rings is 2. The van der Waals surface area contributed by atoms with Gasteiger partial charge in [-0.1, -0.05) is 18.2 Å². The standard InChI is InChI=1S/C28H27N3O7S/c1-18-15-19(22-5-2-3-6-24(22)29-18)16-38-20-8-10-21(11-9-20)39(35,36)17-25-23(27(32)30-34)12-13-31(25)28(33)26-7-4-14-37-26/h2-11,14-15,23,25,34H,12-13,16-17H2,1H3,(H,30,32)/t23-,25-/m0/s1. The van der Waals surface area contributed by atoms with Gasteiger partial charge >= 0.3 is 0 Å². The summed E-state index contributed by atoms with van der Waals surface area (Å²) in [6.45, 7) is 2.34. The normalized spacial score (nSPS) is 17.3. The number of likely N-dealkylation sites (tertiary alicyclic amines) is 1. The van der Waals surface area contributed by atoms with Gasteiger partial charge in [0.1, 0.15) is 12.4 Å². The van der Waals surface area contributed by atoms with Gasteiger partial charge in [-0.25, -0.2) is 13.9 Å². The lowest BCUT2D eigenvalue weighted by molar-refractivity contribution is -0.133. The van der Waals surface area contributed by atoms with E-state index in [9.17, 15) is 23.2 Å². The smallest absolute Gasteiger partial charge is 0.289 e. The van der Waals surface area contributed by atoms with Crippen LogP contribution in [-0.2, 0) is 21.2 Å². The van der Waals surface area contributed by atoms with Crippen molar-refractivity contribution in [3.63, 3.8) is 0 Å². The molecule has 11 heteroatoms. The van der Waals surface area contributed by atoms with Gasteiger partial charge in [0.05, 0.1) is 34.4 Å². The van der Waals surface area contributed by atoms with Crippen molar-refractivity contribution in [2.24, 2.45) is 5.92 Å². The maximum Gasteiger partial charge on any atom is 0.289 e. The molecule has 2 amide bonds. The Morgan fingerprint density at radius 3 is 2.62 bits per heavy atom. The zero-order valence-electron chi connectivity index (χ0n) is 21.1. The van der Waals surface area contributed by atoms with E-state index in [2.05, 4.69) is 4.98 Å². The van der Waals surface area contributed by atoms with Crippen LogP contribution >= 0.6 is 0 Å². The molecule has 0 bridgehead atoms. The zero-order chi connectivity index (χ0) is 27.6. The molecule has 1 aliphatic heterocycles. The molecule has 10 nitrogen and oxygen atoms in total. The fourth-order valence-electron chi connectivity index (χ4n) is 4.98. The molecule has 1 fully saturated rings. The first-order valence-electron chi connectivity index (χ1n) is 12.4. The molecule has 2 atom stereocenters. The Bertz CT molecular complexity index is 1600. The Morgan fingerprint density at radius 1 is 1.13 bits per heavy atom. The first-order valence-corrected chi connectivity index (χ1v) is 14.0. The number of hydrogen-bond donors (Lipinski definition) is 2. The maximum absolute atomic E-state index is 13.4. The lowest BCUT2D eigenvalue weighted by Crippen LogP contribution is -2.46. The van der Waals surface area contributed by atoms with Crippen LogP contribution in [0, 0.1) is 12.8 Å². The maximum atomic E-state index is 13.4. The van der Waals surface area contributed by atoms with Gasteiger partial charge in [-0.3, -0.25) is 19.8 Å². The van der Waals surface area contributed by atoms with E-state index in [1.54, 1.807) is 23.7 Å². The quantitative estimate of drug-likeness (QED) is 0.251. The highest BCUT2D eigenvalue weighted by Crippen LogP contribution is 2.30. The number of amides is 2. The predicted molar refractivity (Wildman–Crippen MR) is 141 cm³/mol. The molecule has 0 spiro atoms. The number of carbonyl (C=O) groups is 2. The lowest BCUT2D eigenvalue weighted by Gasteiger charge is -2.26. The molecule has 3 heterocycles. The summed E-state index contributed by atoms with van der Waals surface area (Å²) in [5.41, 5.74) is 4.30. The van der Waals surface area contributed by atoms with Crippen molar-refractivity contribution in [1.29, 1.82) is 0 Å². The summed E-state index contributed by atoms with van der Waals surface area (Å²) >= 11 is 0. The van der Waals surface area contributed by atoms with Crippen LogP contribution in [0.5, 0.6) is 5.75 Å². The van der Waals surface area contributed by atoms with Gasteiger partial charge in [0, 0.05) is 23.2 Å². The van der Waals surface area contributed by atoms with Crippen LogP contribution in [0.25, 0.3) is 10.9 Å². The van der Waals surface area contributed by atoms with Crippen LogP contribution in [0.1, 0.15) is 28.2 Å². The van der Waals surface area contributed by atoms with E-state index in [1.807, 2.05) is 37.3 Å². The monoisotopic (exact) mass is 549 g/mol. The highest BCUT2D eigenvalue weighted by molar-refractivity contribution is 7.91.